The molecule has 198 valence electrons. The molecule has 13 heteroatoms. The fraction of sp³-hybridized carbons (Fsp3) is 0.200. The summed E-state index contributed by atoms with van der Waals surface area (Å²) in [6.45, 7) is 3.60. The Morgan fingerprint density at radius 3 is 2.55 bits per heavy atom. The summed E-state index contributed by atoms with van der Waals surface area (Å²) in [5, 5.41) is 20.3. The summed E-state index contributed by atoms with van der Waals surface area (Å²) in [5.74, 6) is 1.68. The average molecular weight is 574 g/mol. The number of methoxy groups -OCH3 is 1. The highest BCUT2D eigenvalue weighted by Crippen LogP contribution is 2.31. The molecule has 0 radical (unpaired) electrons. The number of rotatable bonds is 10. The topological polar surface area (TPSA) is 129 Å². The number of nitrogens with one attached hydrogen (secondary N) is 1. The minimum Gasteiger partial charge on any atom is -0.497 e. The summed E-state index contributed by atoms with van der Waals surface area (Å²) < 4.78 is 35.9. The number of aromatic nitrogens is 3. The Balaban J connectivity index is 1.66. The van der Waals surface area contributed by atoms with Crippen LogP contribution >= 0.6 is 23.4 Å². The largest absolute Gasteiger partial charge is 0.497 e. The van der Waals surface area contributed by atoms with Gasteiger partial charge in [-0.25, -0.2) is 13.1 Å². The first-order valence-electron chi connectivity index (χ1n) is 11.3. The lowest BCUT2D eigenvalue weighted by atomic mass is 10.2. The van der Waals surface area contributed by atoms with Gasteiger partial charge in [0.15, 0.2) is 11.0 Å². The number of halogens is 1. The van der Waals surface area contributed by atoms with Gasteiger partial charge in [0.25, 0.3) is 5.69 Å². The highest BCUT2D eigenvalue weighted by Gasteiger charge is 2.26. The van der Waals surface area contributed by atoms with Crippen LogP contribution < -0.4 is 9.46 Å². The molecule has 4 rings (SSSR count). The molecule has 0 aliphatic heterocycles. The molecule has 0 saturated heterocycles. The molecule has 1 heterocycles. The van der Waals surface area contributed by atoms with Gasteiger partial charge >= 0.3 is 0 Å². The fourth-order valence-corrected chi connectivity index (χ4v) is 5.96. The van der Waals surface area contributed by atoms with Crippen LogP contribution in [0.15, 0.2) is 76.8 Å². The number of nitrogens with zero attached hydrogens (tertiary/aromatic N) is 4. The SMILES string of the molecule is COc1cccc(CSc2nnc(C(C)NS(=O)(=O)c3ccc(Cl)c([N+](=O)[O-])c3)n2-c2ccc(C)cc2)c1. The Morgan fingerprint density at radius 2 is 1.87 bits per heavy atom. The number of thioether (sulfide) groups is 1. The first kappa shape index (κ1) is 27.6. The molecule has 4 aromatic rings. The van der Waals surface area contributed by atoms with Crippen LogP contribution in [0, 0.1) is 17.0 Å². The summed E-state index contributed by atoms with van der Waals surface area (Å²) in [4.78, 5) is 10.2. The zero-order valence-corrected chi connectivity index (χ0v) is 23.0. The Kier molecular flexibility index (Phi) is 8.36. The summed E-state index contributed by atoms with van der Waals surface area (Å²) in [6.07, 6.45) is 0. The number of benzene rings is 3. The predicted molar refractivity (Wildman–Crippen MR) is 145 cm³/mol. The molecule has 1 atom stereocenters. The molecule has 3 aromatic carbocycles. The van der Waals surface area contributed by atoms with Crippen LogP contribution in [0.25, 0.3) is 5.69 Å². The number of nitro groups is 1. The van der Waals surface area contributed by atoms with Crippen molar-refractivity contribution in [3.8, 4) is 11.4 Å². The van der Waals surface area contributed by atoms with Crippen molar-refractivity contribution in [3.05, 3.63) is 98.8 Å². The van der Waals surface area contributed by atoms with E-state index in [1.54, 1.807) is 18.6 Å². The highest BCUT2D eigenvalue weighted by atomic mass is 35.5. The Labute approximate surface area is 229 Å². The molecule has 0 spiro atoms. The fourth-order valence-electron chi connectivity index (χ4n) is 3.65. The zero-order chi connectivity index (χ0) is 27.4. The molecule has 1 aromatic heterocycles. The second-order valence-electron chi connectivity index (χ2n) is 8.37. The van der Waals surface area contributed by atoms with Gasteiger partial charge in [0.05, 0.1) is 23.0 Å². The molecule has 0 aliphatic rings. The van der Waals surface area contributed by atoms with Crippen molar-refractivity contribution in [2.24, 2.45) is 0 Å². The molecule has 1 unspecified atom stereocenters. The van der Waals surface area contributed by atoms with Gasteiger partial charge in [-0.15, -0.1) is 10.2 Å². The Morgan fingerprint density at radius 1 is 1.13 bits per heavy atom. The van der Waals surface area contributed by atoms with Crippen molar-refractivity contribution in [3.63, 3.8) is 0 Å². The monoisotopic (exact) mass is 573 g/mol. The van der Waals surface area contributed by atoms with Crippen LogP contribution in [-0.2, 0) is 15.8 Å². The third-order valence-electron chi connectivity index (χ3n) is 5.60. The van der Waals surface area contributed by atoms with Crippen molar-refractivity contribution in [1.29, 1.82) is 0 Å². The molecule has 1 N–H and O–H groups in total. The van der Waals surface area contributed by atoms with Gasteiger partial charge in [-0.05, 0) is 55.8 Å². The highest BCUT2D eigenvalue weighted by molar-refractivity contribution is 7.98. The van der Waals surface area contributed by atoms with Crippen LogP contribution in [0.1, 0.15) is 29.9 Å². The Hall–Kier alpha value is -3.45. The smallest absolute Gasteiger partial charge is 0.289 e. The minimum absolute atomic E-state index is 0.154. The lowest BCUT2D eigenvalue weighted by molar-refractivity contribution is -0.384. The summed E-state index contributed by atoms with van der Waals surface area (Å²) in [5.41, 5.74) is 2.35. The van der Waals surface area contributed by atoms with Gasteiger partial charge in [0, 0.05) is 17.5 Å². The third kappa shape index (κ3) is 6.16. The number of ether oxygens (including phenoxy) is 1. The first-order valence-corrected chi connectivity index (χ1v) is 14.2. The summed E-state index contributed by atoms with van der Waals surface area (Å²) >= 11 is 7.29. The van der Waals surface area contributed by atoms with E-state index in [2.05, 4.69) is 14.9 Å². The van der Waals surface area contributed by atoms with E-state index in [4.69, 9.17) is 16.3 Å². The molecule has 0 saturated carbocycles. The van der Waals surface area contributed by atoms with Crippen LogP contribution in [0.5, 0.6) is 5.75 Å². The van der Waals surface area contributed by atoms with E-state index in [-0.39, 0.29) is 9.92 Å². The van der Waals surface area contributed by atoms with Gasteiger partial charge in [-0.2, -0.15) is 0 Å². The van der Waals surface area contributed by atoms with Crippen LogP contribution in [0.3, 0.4) is 0 Å². The van der Waals surface area contributed by atoms with E-state index in [9.17, 15) is 18.5 Å². The van der Waals surface area contributed by atoms with Crippen molar-refractivity contribution in [1.82, 2.24) is 19.5 Å². The minimum atomic E-state index is -4.15. The van der Waals surface area contributed by atoms with Crippen LogP contribution in [0.4, 0.5) is 5.69 Å². The molecular weight excluding hydrogens is 550 g/mol. The van der Waals surface area contributed by atoms with Gasteiger partial charge in [0.2, 0.25) is 10.0 Å². The van der Waals surface area contributed by atoms with Crippen molar-refractivity contribution >= 4 is 39.1 Å². The van der Waals surface area contributed by atoms with E-state index in [1.165, 1.54) is 23.9 Å². The summed E-state index contributed by atoms with van der Waals surface area (Å²) in [7, 11) is -2.55. The van der Waals surface area contributed by atoms with E-state index < -0.39 is 26.7 Å². The number of aryl methyl sites for hydroxylation is 1. The molecule has 10 nitrogen and oxygen atoms in total. The standard InChI is InChI=1S/C25H24ClN5O5S2/c1-16-7-9-19(10-8-16)30-24(27-28-25(30)37-15-18-5-4-6-20(13-18)36-3)17(2)29-38(34,35)21-11-12-22(26)23(14-21)31(32)33/h4-14,17,29H,15H2,1-3H3. The molecule has 0 bridgehead atoms. The molecule has 0 amide bonds. The average Bonchev–Trinajstić information content (AvgIpc) is 3.32. The maximum atomic E-state index is 13.1. The number of hydrogen-bond donors (Lipinski definition) is 1. The maximum Gasteiger partial charge on any atom is 0.289 e. The lowest BCUT2D eigenvalue weighted by Crippen LogP contribution is -2.29. The van der Waals surface area contributed by atoms with E-state index >= 15 is 0 Å². The van der Waals surface area contributed by atoms with Crippen molar-refractivity contribution < 1.29 is 18.1 Å². The summed E-state index contributed by atoms with van der Waals surface area (Å²) in [6, 6.07) is 17.9. The van der Waals surface area contributed by atoms with Gasteiger partial charge in [-0.3, -0.25) is 14.7 Å². The van der Waals surface area contributed by atoms with Gasteiger partial charge in [0.1, 0.15) is 10.8 Å². The predicted octanol–water partition coefficient (Wildman–Crippen LogP) is 5.48. The van der Waals surface area contributed by atoms with Gasteiger partial charge in [-0.1, -0.05) is 53.2 Å². The molecule has 0 fully saturated rings. The second kappa shape index (κ2) is 11.5. The zero-order valence-electron chi connectivity index (χ0n) is 20.7. The quantitative estimate of drug-likeness (QED) is 0.150. The van der Waals surface area contributed by atoms with E-state index in [1.807, 2.05) is 55.5 Å². The Bertz CT molecular complexity index is 1580. The van der Waals surface area contributed by atoms with Crippen LogP contribution in [-0.4, -0.2) is 35.2 Å². The number of hydrogen-bond acceptors (Lipinski definition) is 8. The normalized spacial score (nSPS) is 12.3. The second-order valence-corrected chi connectivity index (χ2v) is 11.4. The number of sulfonamides is 1. The molecule has 0 aliphatic carbocycles. The first-order chi connectivity index (χ1) is 18.1. The maximum absolute atomic E-state index is 13.1. The van der Waals surface area contributed by atoms with Crippen LogP contribution in [0.2, 0.25) is 5.02 Å². The van der Waals surface area contributed by atoms with Gasteiger partial charge < -0.3 is 4.74 Å². The number of nitro benzene ring substituents is 1. The third-order valence-corrected chi connectivity index (χ3v) is 8.45. The molecular formula is C25H24ClN5O5S2. The van der Waals surface area contributed by atoms with E-state index in [0.717, 1.165) is 28.6 Å². The van der Waals surface area contributed by atoms with Crippen molar-refractivity contribution in [2.45, 2.75) is 35.7 Å². The van der Waals surface area contributed by atoms with Crippen molar-refractivity contribution in [2.75, 3.05) is 7.11 Å². The lowest BCUT2D eigenvalue weighted by Gasteiger charge is -2.17. The molecule has 38 heavy (non-hydrogen) atoms. The van der Waals surface area contributed by atoms with E-state index in [0.29, 0.717) is 16.7 Å².